The van der Waals surface area contributed by atoms with Crippen LogP contribution < -0.4 is 15.5 Å². The van der Waals surface area contributed by atoms with Crippen molar-refractivity contribution in [2.24, 2.45) is 4.99 Å². The molecule has 1 unspecified atom stereocenters. The molecule has 4 rings (SSSR count). The normalized spacial score (nSPS) is 16.3. The van der Waals surface area contributed by atoms with Crippen molar-refractivity contribution in [3.63, 3.8) is 0 Å². The van der Waals surface area contributed by atoms with Crippen molar-refractivity contribution in [1.29, 1.82) is 0 Å². The second kappa shape index (κ2) is 10.4. The van der Waals surface area contributed by atoms with Gasteiger partial charge in [0.25, 0.3) is 0 Å². The molecule has 7 nitrogen and oxygen atoms in total. The van der Waals surface area contributed by atoms with Gasteiger partial charge in [0.05, 0.1) is 11.9 Å². The van der Waals surface area contributed by atoms with Crippen molar-refractivity contribution in [2.75, 3.05) is 25.0 Å². The molecule has 0 aliphatic carbocycles. The lowest BCUT2D eigenvalue weighted by molar-refractivity contribution is 0.612. The number of rotatable bonds is 5. The molecule has 0 bridgehead atoms. The molecule has 3 aromatic rings. The molecular formula is C21H25FIN7. The van der Waals surface area contributed by atoms with E-state index < -0.39 is 0 Å². The molecule has 1 aliphatic rings. The standard InChI is InChI=1S/C21H24FN7.HI/c1-23-21(25-12-16-13-26-29(14-16)18-6-3-2-4-7-18)27-17-9-11-28(15-17)20-19(22)8-5-10-24-20;/h2-8,10,13-14,17H,9,11-12,15H2,1H3,(H2,23,25,27);1H. The summed E-state index contributed by atoms with van der Waals surface area (Å²) in [5.41, 5.74) is 2.08. The summed E-state index contributed by atoms with van der Waals surface area (Å²) >= 11 is 0. The quantitative estimate of drug-likeness (QED) is 0.307. The Labute approximate surface area is 192 Å². The van der Waals surface area contributed by atoms with Gasteiger partial charge in [0, 0.05) is 50.7 Å². The average molecular weight is 521 g/mol. The number of hydrogen-bond acceptors (Lipinski definition) is 4. The van der Waals surface area contributed by atoms with Crippen LogP contribution in [0.2, 0.25) is 0 Å². The van der Waals surface area contributed by atoms with E-state index in [9.17, 15) is 4.39 Å². The SMILES string of the molecule is CN=C(NCc1cnn(-c2ccccc2)c1)NC1CCN(c2ncccc2F)C1.I. The second-order valence-electron chi connectivity index (χ2n) is 6.94. The van der Waals surface area contributed by atoms with E-state index in [2.05, 4.69) is 25.7 Å². The third-order valence-electron chi connectivity index (χ3n) is 4.91. The van der Waals surface area contributed by atoms with E-state index in [1.165, 1.54) is 6.07 Å². The Kier molecular flexibility index (Phi) is 7.61. The number of aromatic nitrogens is 3. The van der Waals surface area contributed by atoms with Crippen LogP contribution in [0.5, 0.6) is 0 Å². The highest BCUT2D eigenvalue weighted by atomic mass is 127. The molecule has 1 saturated heterocycles. The Bertz CT molecular complexity index is 976. The first-order valence-electron chi connectivity index (χ1n) is 9.64. The maximum Gasteiger partial charge on any atom is 0.191 e. The number of halogens is 2. The molecule has 1 fully saturated rings. The molecule has 1 atom stereocenters. The molecule has 1 aromatic carbocycles. The highest BCUT2D eigenvalue weighted by molar-refractivity contribution is 14.0. The summed E-state index contributed by atoms with van der Waals surface area (Å²) in [5.74, 6) is 0.838. The zero-order valence-corrected chi connectivity index (χ0v) is 19.0. The van der Waals surface area contributed by atoms with E-state index in [0.717, 1.165) is 24.2 Å². The Morgan fingerprint density at radius 2 is 2.07 bits per heavy atom. The minimum atomic E-state index is -0.286. The number of aliphatic imine (C=N–C) groups is 1. The Morgan fingerprint density at radius 3 is 2.83 bits per heavy atom. The number of nitrogens with one attached hydrogen (secondary N) is 2. The number of nitrogens with zero attached hydrogens (tertiary/aromatic N) is 5. The van der Waals surface area contributed by atoms with Crippen LogP contribution in [0.25, 0.3) is 5.69 Å². The van der Waals surface area contributed by atoms with Crippen LogP contribution in [0.15, 0.2) is 66.0 Å². The summed E-state index contributed by atoms with van der Waals surface area (Å²) in [4.78, 5) is 10.4. The first-order valence-corrected chi connectivity index (χ1v) is 9.64. The van der Waals surface area contributed by atoms with Gasteiger partial charge in [-0.3, -0.25) is 4.99 Å². The summed E-state index contributed by atoms with van der Waals surface area (Å²) in [5, 5.41) is 11.1. The number of pyridine rings is 1. The summed E-state index contributed by atoms with van der Waals surface area (Å²) in [6.07, 6.45) is 6.35. The Balaban J connectivity index is 0.00000256. The fraction of sp³-hybridized carbons (Fsp3) is 0.286. The lowest BCUT2D eigenvalue weighted by Crippen LogP contribution is -2.44. The van der Waals surface area contributed by atoms with E-state index in [-0.39, 0.29) is 35.8 Å². The van der Waals surface area contributed by atoms with Gasteiger partial charge in [-0.2, -0.15) is 5.10 Å². The van der Waals surface area contributed by atoms with Crippen LogP contribution >= 0.6 is 24.0 Å². The van der Waals surface area contributed by atoms with Crippen molar-refractivity contribution in [3.05, 3.63) is 72.4 Å². The van der Waals surface area contributed by atoms with Crippen LogP contribution in [0.4, 0.5) is 10.2 Å². The van der Waals surface area contributed by atoms with Gasteiger partial charge in [-0.25, -0.2) is 14.1 Å². The zero-order chi connectivity index (χ0) is 20.1. The molecule has 158 valence electrons. The fourth-order valence-electron chi connectivity index (χ4n) is 3.43. The lowest BCUT2D eigenvalue weighted by Gasteiger charge is -2.19. The summed E-state index contributed by atoms with van der Waals surface area (Å²) in [6.45, 7) is 2.05. The maximum absolute atomic E-state index is 14.0. The van der Waals surface area contributed by atoms with Gasteiger partial charge < -0.3 is 15.5 Å². The van der Waals surface area contributed by atoms with Crippen molar-refractivity contribution < 1.29 is 4.39 Å². The number of benzene rings is 1. The van der Waals surface area contributed by atoms with E-state index in [1.807, 2.05) is 52.3 Å². The molecule has 30 heavy (non-hydrogen) atoms. The van der Waals surface area contributed by atoms with Crippen molar-refractivity contribution >= 4 is 35.8 Å². The van der Waals surface area contributed by atoms with Gasteiger partial charge in [-0.1, -0.05) is 18.2 Å². The average Bonchev–Trinajstić information content (AvgIpc) is 3.42. The van der Waals surface area contributed by atoms with Crippen LogP contribution in [0.1, 0.15) is 12.0 Å². The van der Waals surface area contributed by atoms with Crippen LogP contribution in [-0.2, 0) is 6.54 Å². The van der Waals surface area contributed by atoms with Gasteiger partial charge in [0.15, 0.2) is 17.6 Å². The first-order chi connectivity index (χ1) is 14.2. The lowest BCUT2D eigenvalue weighted by atomic mass is 10.3. The fourth-order valence-corrected chi connectivity index (χ4v) is 3.43. The van der Waals surface area contributed by atoms with Gasteiger partial charge in [0.1, 0.15) is 0 Å². The second-order valence-corrected chi connectivity index (χ2v) is 6.94. The minimum Gasteiger partial charge on any atom is -0.352 e. The third-order valence-corrected chi connectivity index (χ3v) is 4.91. The molecule has 2 N–H and O–H groups in total. The summed E-state index contributed by atoms with van der Waals surface area (Å²) in [6, 6.07) is 13.2. The van der Waals surface area contributed by atoms with Gasteiger partial charge in [-0.05, 0) is 30.7 Å². The van der Waals surface area contributed by atoms with Crippen molar-refractivity contribution in [3.8, 4) is 5.69 Å². The largest absolute Gasteiger partial charge is 0.352 e. The highest BCUT2D eigenvalue weighted by Gasteiger charge is 2.25. The van der Waals surface area contributed by atoms with Crippen LogP contribution in [-0.4, -0.2) is 46.9 Å². The van der Waals surface area contributed by atoms with Gasteiger partial charge in [0.2, 0.25) is 0 Å². The minimum absolute atomic E-state index is 0. The monoisotopic (exact) mass is 521 g/mol. The molecule has 0 radical (unpaired) electrons. The molecule has 2 aromatic heterocycles. The van der Waals surface area contributed by atoms with Crippen molar-refractivity contribution in [1.82, 2.24) is 25.4 Å². The Hall–Kier alpha value is -2.69. The predicted octanol–water partition coefficient (Wildman–Crippen LogP) is 2.97. The number of para-hydroxylation sites is 1. The van der Waals surface area contributed by atoms with Crippen LogP contribution in [0, 0.1) is 5.82 Å². The number of guanidine groups is 1. The summed E-state index contributed by atoms with van der Waals surface area (Å²) in [7, 11) is 1.74. The molecule has 0 amide bonds. The number of anilines is 1. The van der Waals surface area contributed by atoms with Gasteiger partial charge >= 0.3 is 0 Å². The molecule has 9 heteroatoms. The first kappa shape index (κ1) is 22.0. The van der Waals surface area contributed by atoms with Gasteiger partial charge in [-0.15, -0.1) is 24.0 Å². The topological polar surface area (TPSA) is 70.4 Å². The molecule has 1 aliphatic heterocycles. The van der Waals surface area contributed by atoms with E-state index in [0.29, 0.717) is 24.9 Å². The smallest absolute Gasteiger partial charge is 0.191 e. The zero-order valence-electron chi connectivity index (χ0n) is 16.7. The third kappa shape index (κ3) is 5.26. The summed E-state index contributed by atoms with van der Waals surface area (Å²) < 4.78 is 15.8. The maximum atomic E-state index is 14.0. The van der Waals surface area contributed by atoms with E-state index in [1.54, 1.807) is 19.3 Å². The molecule has 0 saturated carbocycles. The predicted molar refractivity (Wildman–Crippen MR) is 127 cm³/mol. The van der Waals surface area contributed by atoms with E-state index in [4.69, 9.17) is 0 Å². The van der Waals surface area contributed by atoms with E-state index >= 15 is 0 Å². The molecule has 0 spiro atoms. The molecular weight excluding hydrogens is 496 g/mol. The highest BCUT2D eigenvalue weighted by Crippen LogP contribution is 2.20. The number of hydrogen-bond donors (Lipinski definition) is 2. The van der Waals surface area contributed by atoms with Crippen LogP contribution in [0.3, 0.4) is 0 Å². The Morgan fingerprint density at radius 1 is 1.23 bits per heavy atom. The molecule has 3 heterocycles. The van der Waals surface area contributed by atoms with Crippen molar-refractivity contribution in [2.45, 2.75) is 19.0 Å².